The van der Waals surface area contributed by atoms with Gasteiger partial charge in [-0.3, -0.25) is 9.59 Å². The molecule has 0 spiro atoms. The molecule has 2 aliphatic rings. The Balaban J connectivity index is 1.59. The summed E-state index contributed by atoms with van der Waals surface area (Å²) in [5, 5.41) is 11.7. The second-order valence-corrected chi connectivity index (χ2v) is 5.60. The van der Waals surface area contributed by atoms with Crippen molar-refractivity contribution in [3.05, 3.63) is 29.8 Å². The molecule has 0 bridgehead atoms. The van der Waals surface area contributed by atoms with Gasteiger partial charge in [0.1, 0.15) is 0 Å². The molecule has 4 heteroatoms. The maximum atomic E-state index is 12.0. The summed E-state index contributed by atoms with van der Waals surface area (Å²) >= 11 is 0. The van der Waals surface area contributed by atoms with Crippen LogP contribution in [0.2, 0.25) is 0 Å². The molecule has 0 aromatic heterocycles. The molecule has 2 fully saturated rings. The summed E-state index contributed by atoms with van der Waals surface area (Å²) in [6, 6.07) is 7.07. The topological polar surface area (TPSA) is 66.4 Å². The van der Waals surface area contributed by atoms with Gasteiger partial charge in [-0.05, 0) is 48.8 Å². The van der Waals surface area contributed by atoms with Crippen LogP contribution in [-0.4, -0.2) is 17.0 Å². The highest BCUT2D eigenvalue weighted by Gasteiger charge is 2.51. The van der Waals surface area contributed by atoms with Crippen LogP contribution >= 0.6 is 0 Å². The summed E-state index contributed by atoms with van der Waals surface area (Å²) in [6.07, 6.45) is 3.56. The fourth-order valence-corrected chi connectivity index (χ4v) is 2.73. The van der Waals surface area contributed by atoms with Crippen molar-refractivity contribution < 1.29 is 14.7 Å². The lowest BCUT2D eigenvalue weighted by atomic mass is 10.1. The van der Waals surface area contributed by atoms with Crippen LogP contribution in [0.3, 0.4) is 0 Å². The minimum absolute atomic E-state index is 0.0160. The van der Waals surface area contributed by atoms with Crippen LogP contribution in [0.25, 0.3) is 0 Å². The predicted molar refractivity (Wildman–Crippen MR) is 70.7 cm³/mol. The van der Waals surface area contributed by atoms with Crippen LogP contribution in [0.1, 0.15) is 24.8 Å². The number of aliphatic carboxylic acids is 1. The number of hydrogen-bond acceptors (Lipinski definition) is 2. The summed E-state index contributed by atoms with van der Waals surface area (Å²) in [5.41, 5.74) is 1.41. The maximum absolute atomic E-state index is 12.0. The highest BCUT2D eigenvalue weighted by Crippen LogP contribution is 2.54. The van der Waals surface area contributed by atoms with Crippen LogP contribution in [0.4, 0.5) is 5.69 Å². The van der Waals surface area contributed by atoms with Crippen LogP contribution in [0.15, 0.2) is 24.3 Å². The molecule has 2 aliphatic carbocycles. The van der Waals surface area contributed by atoms with Gasteiger partial charge in [0.15, 0.2) is 0 Å². The molecule has 2 saturated carbocycles. The number of carbonyl (C=O) groups excluding carboxylic acids is 1. The highest BCUT2D eigenvalue weighted by molar-refractivity contribution is 5.94. The third-order valence-corrected chi connectivity index (χ3v) is 3.95. The van der Waals surface area contributed by atoms with E-state index in [9.17, 15) is 9.59 Å². The van der Waals surface area contributed by atoms with Gasteiger partial charge in [-0.2, -0.15) is 0 Å². The van der Waals surface area contributed by atoms with Crippen molar-refractivity contribution in [2.75, 3.05) is 5.32 Å². The number of carbonyl (C=O) groups is 2. The van der Waals surface area contributed by atoms with E-state index < -0.39 is 5.97 Å². The fourth-order valence-electron chi connectivity index (χ4n) is 2.73. The third kappa shape index (κ3) is 2.95. The van der Waals surface area contributed by atoms with E-state index in [1.54, 1.807) is 24.3 Å². The van der Waals surface area contributed by atoms with Gasteiger partial charge in [0.25, 0.3) is 0 Å². The van der Waals surface area contributed by atoms with Crippen molar-refractivity contribution in [3.63, 3.8) is 0 Å². The SMILES string of the molecule is O=C(O)Cc1cccc(NC(=O)[C@H]2C[C@H]2C2CC2)c1. The molecule has 0 aliphatic heterocycles. The van der Waals surface area contributed by atoms with Crippen LogP contribution in [0.5, 0.6) is 0 Å². The van der Waals surface area contributed by atoms with Crippen LogP contribution < -0.4 is 5.32 Å². The predicted octanol–water partition coefficient (Wildman–Crippen LogP) is 2.30. The Labute approximate surface area is 111 Å². The lowest BCUT2D eigenvalue weighted by Crippen LogP contribution is -2.15. The van der Waals surface area contributed by atoms with Gasteiger partial charge in [-0.25, -0.2) is 0 Å². The second kappa shape index (κ2) is 4.68. The van der Waals surface area contributed by atoms with Crippen molar-refractivity contribution in [1.82, 2.24) is 0 Å². The Morgan fingerprint density at radius 2 is 2.11 bits per heavy atom. The largest absolute Gasteiger partial charge is 0.481 e. The average molecular weight is 259 g/mol. The molecule has 0 saturated heterocycles. The summed E-state index contributed by atoms with van der Waals surface area (Å²) in [4.78, 5) is 22.7. The van der Waals surface area contributed by atoms with Crippen molar-refractivity contribution in [1.29, 1.82) is 0 Å². The molecule has 19 heavy (non-hydrogen) atoms. The Morgan fingerprint density at radius 3 is 2.79 bits per heavy atom. The third-order valence-electron chi connectivity index (χ3n) is 3.95. The summed E-state index contributed by atoms with van der Waals surface area (Å²) in [7, 11) is 0. The monoisotopic (exact) mass is 259 g/mol. The lowest BCUT2D eigenvalue weighted by molar-refractivity contribution is -0.136. The number of hydrogen-bond donors (Lipinski definition) is 2. The zero-order valence-electron chi connectivity index (χ0n) is 10.6. The van der Waals surface area contributed by atoms with E-state index in [0.29, 0.717) is 17.2 Å². The smallest absolute Gasteiger partial charge is 0.307 e. The van der Waals surface area contributed by atoms with E-state index in [1.165, 1.54) is 12.8 Å². The lowest BCUT2D eigenvalue weighted by Gasteiger charge is -2.06. The molecule has 2 atom stereocenters. The Bertz CT molecular complexity index is 522. The van der Waals surface area contributed by atoms with Gasteiger partial charge in [0, 0.05) is 11.6 Å². The van der Waals surface area contributed by atoms with Gasteiger partial charge in [0.05, 0.1) is 6.42 Å². The zero-order valence-corrected chi connectivity index (χ0v) is 10.6. The average Bonchev–Trinajstić information content (AvgIpc) is 3.21. The second-order valence-electron chi connectivity index (χ2n) is 5.60. The fraction of sp³-hybridized carbons (Fsp3) is 0.467. The quantitative estimate of drug-likeness (QED) is 0.852. The highest BCUT2D eigenvalue weighted by atomic mass is 16.4. The van der Waals surface area contributed by atoms with Gasteiger partial charge >= 0.3 is 5.97 Å². The number of nitrogens with one attached hydrogen (secondary N) is 1. The molecule has 4 nitrogen and oxygen atoms in total. The molecule has 1 aromatic carbocycles. The normalized spacial score (nSPS) is 24.8. The molecular formula is C15H17NO3. The first-order valence-corrected chi connectivity index (χ1v) is 6.75. The van der Waals surface area contributed by atoms with Crippen LogP contribution in [0, 0.1) is 17.8 Å². The number of rotatable bonds is 5. The summed E-state index contributed by atoms with van der Waals surface area (Å²) in [6.45, 7) is 0. The first kappa shape index (κ1) is 12.2. The maximum Gasteiger partial charge on any atom is 0.307 e. The number of benzene rings is 1. The minimum atomic E-state index is -0.862. The van der Waals surface area contributed by atoms with Gasteiger partial charge < -0.3 is 10.4 Å². The number of carboxylic acid groups (broad SMARTS) is 1. The van der Waals surface area contributed by atoms with Gasteiger partial charge in [-0.1, -0.05) is 12.1 Å². The van der Waals surface area contributed by atoms with E-state index in [4.69, 9.17) is 5.11 Å². The van der Waals surface area contributed by atoms with E-state index in [-0.39, 0.29) is 18.2 Å². The number of anilines is 1. The van der Waals surface area contributed by atoms with Crippen molar-refractivity contribution in [3.8, 4) is 0 Å². The van der Waals surface area contributed by atoms with Crippen molar-refractivity contribution in [2.24, 2.45) is 17.8 Å². The van der Waals surface area contributed by atoms with Crippen LogP contribution in [-0.2, 0) is 16.0 Å². The summed E-state index contributed by atoms with van der Waals surface area (Å²) in [5.74, 6) is 0.788. The van der Waals surface area contributed by atoms with Crippen molar-refractivity contribution >= 4 is 17.6 Å². The Morgan fingerprint density at radius 1 is 1.32 bits per heavy atom. The van der Waals surface area contributed by atoms with Gasteiger partial charge in [-0.15, -0.1) is 0 Å². The van der Waals surface area contributed by atoms with E-state index >= 15 is 0 Å². The van der Waals surface area contributed by atoms with E-state index in [0.717, 1.165) is 12.3 Å². The Hall–Kier alpha value is -1.84. The molecule has 1 amide bonds. The molecule has 3 rings (SSSR count). The van der Waals surface area contributed by atoms with Crippen molar-refractivity contribution in [2.45, 2.75) is 25.7 Å². The molecular weight excluding hydrogens is 242 g/mol. The minimum Gasteiger partial charge on any atom is -0.481 e. The first-order chi connectivity index (χ1) is 9.13. The standard InChI is InChI=1S/C15H17NO3/c17-14(18)7-9-2-1-3-11(6-9)16-15(19)13-8-12(13)10-4-5-10/h1-3,6,10,12-13H,4-5,7-8H2,(H,16,19)(H,17,18)/t12-,13-/m0/s1. The molecule has 0 heterocycles. The molecule has 100 valence electrons. The molecule has 0 unspecified atom stereocenters. The first-order valence-electron chi connectivity index (χ1n) is 6.75. The number of amides is 1. The number of carboxylic acids is 1. The molecule has 2 N–H and O–H groups in total. The Kier molecular flexibility index (Phi) is 3.01. The van der Waals surface area contributed by atoms with Gasteiger partial charge in [0.2, 0.25) is 5.91 Å². The van der Waals surface area contributed by atoms with E-state index in [2.05, 4.69) is 5.32 Å². The molecule has 0 radical (unpaired) electrons. The zero-order chi connectivity index (χ0) is 13.4. The van der Waals surface area contributed by atoms with E-state index in [1.807, 2.05) is 0 Å². The summed E-state index contributed by atoms with van der Waals surface area (Å²) < 4.78 is 0. The molecule has 1 aromatic rings.